The van der Waals surface area contributed by atoms with Gasteiger partial charge in [-0.15, -0.1) is 11.8 Å². The quantitative estimate of drug-likeness (QED) is 0.845. The number of benzene rings is 1. The zero-order valence-electron chi connectivity index (χ0n) is 13.0. The van der Waals surface area contributed by atoms with Crippen LogP contribution in [-0.2, 0) is 15.8 Å². The van der Waals surface area contributed by atoms with Crippen molar-refractivity contribution in [3.8, 4) is 5.75 Å². The van der Waals surface area contributed by atoms with Crippen molar-refractivity contribution in [1.82, 2.24) is 4.90 Å². The Morgan fingerprint density at radius 1 is 1.42 bits per heavy atom. The van der Waals surface area contributed by atoms with Crippen LogP contribution in [0.25, 0.3) is 0 Å². The molecule has 1 N–H and O–H groups in total. The second-order valence-corrected chi connectivity index (χ2v) is 6.13. The van der Waals surface area contributed by atoms with Gasteiger partial charge in [-0.1, -0.05) is 6.92 Å². The van der Waals surface area contributed by atoms with Gasteiger partial charge in [-0.3, -0.25) is 9.59 Å². The molecular weight excluding hydrogens is 345 g/mol. The normalized spacial score (nSPS) is 14.8. The number of alkyl halides is 3. The Morgan fingerprint density at radius 2 is 2.17 bits per heavy atom. The highest BCUT2D eigenvalue weighted by Gasteiger charge is 2.31. The molecule has 5 nitrogen and oxygen atoms in total. The topological polar surface area (TPSA) is 58.6 Å². The second kappa shape index (κ2) is 7.78. The fraction of sp³-hybridized carbons (Fsp3) is 0.467. The lowest BCUT2D eigenvalue weighted by Crippen LogP contribution is -2.34. The summed E-state index contributed by atoms with van der Waals surface area (Å²) in [4.78, 5) is 24.9. The maximum atomic E-state index is 12.9. The zero-order valence-corrected chi connectivity index (χ0v) is 13.8. The molecule has 1 saturated heterocycles. The van der Waals surface area contributed by atoms with Gasteiger partial charge in [0.25, 0.3) is 0 Å². The van der Waals surface area contributed by atoms with Gasteiger partial charge in [-0.25, -0.2) is 0 Å². The van der Waals surface area contributed by atoms with Crippen molar-refractivity contribution >= 4 is 29.3 Å². The van der Waals surface area contributed by atoms with E-state index in [9.17, 15) is 22.8 Å². The number of amides is 2. The molecule has 0 aromatic heterocycles. The predicted octanol–water partition coefficient (Wildman–Crippen LogP) is 2.97. The highest BCUT2D eigenvalue weighted by Crippen LogP contribution is 2.35. The van der Waals surface area contributed by atoms with Crippen LogP contribution in [0.15, 0.2) is 18.2 Å². The molecule has 0 atom stereocenters. The molecule has 2 rings (SSSR count). The molecule has 1 aromatic carbocycles. The number of rotatable bonds is 6. The van der Waals surface area contributed by atoms with Gasteiger partial charge in [0.05, 0.1) is 29.5 Å². The molecule has 0 aliphatic carbocycles. The van der Waals surface area contributed by atoms with Crippen molar-refractivity contribution < 1.29 is 27.5 Å². The fourth-order valence-electron chi connectivity index (χ4n) is 2.05. The molecule has 132 valence electrons. The molecule has 0 unspecified atom stereocenters. The number of ether oxygens (including phenoxy) is 1. The smallest absolute Gasteiger partial charge is 0.416 e. The Hall–Kier alpha value is -1.90. The molecule has 0 spiro atoms. The van der Waals surface area contributed by atoms with E-state index in [4.69, 9.17) is 4.74 Å². The predicted molar refractivity (Wildman–Crippen MR) is 84.9 cm³/mol. The maximum Gasteiger partial charge on any atom is 0.416 e. The summed E-state index contributed by atoms with van der Waals surface area (Å²) in [6.45, 7) is 1.98. The third-order valence-corrected chi connectivity index (χ3v) is 4.15. The Bertz CT molecular complexity index is 622. The van der Waals surface area contributed by atoms with Crippen LogP contribution in [-0.4, -0.2) is 41.5 Å². The van der Waals surface area contributed by atoms with Crippen LogP contribution in [0.1, 0.15) is 18.9 Å². The third kappa shape index (κ3) is 4.80. The fourth-order valence-corrected chi connectivity index (χ4v) is 2.95. The Morgan fingerprint density at radius 3 is 2.75 bits per heavy atom. The van der Waals surface area contributed by atoms with Crippen LogP contribution in [0.4, 0.5) is 18.9 Å². The van der Waals surface area contributed by atoms with Crippen LogP contribution in [0.5, 0.6) is 5.75 Å². The summed E-state index contributed by atoms with van der Waals surface area (Å²) in [5, 5.41) is 2.41. The second-order valence-electron chi connectivity index (χ2n) is 5.17. The molecule has 1 aromatic rings. The molecule has 9 heteroatoms. The van der Waals surface area contributed by atoms with Crippen molar-refractivity contribution in [1.29, 1.82) is 0 Å². The third-order valence-electron chi connectivity index (χ3n) is 3.20. The number of anilines is 1. The van der Waals surface area contributed by atoms with E-state index in [0.29, 0.717) is 24.7 Å². The summed E-state index contributed by atoms with van der Waals surface area (Å²) in [6.07, 6.45) is -3.85. The van der Waals surface area contributed by atoms with E-state index in [0.717, 1.165) is 12.1 Å². The number of halogens is 3. The number of nitrogens with zero attached hydrogens (tertiary/aromatic N) is 1. The summed E-state index contributed by atoms with van der Waals surface area (Å²) in [5.74, 6) is 0.143. The van der Waals surface area contributed by atoms with Crippen LogP contribution >= 0.6 is 11.8 Å². The standard InChI is InChI=1S/C15H17F3N2O3S/c1-2-5-23-12-4-3-10(15(16,17)18)6-11(12)19-13(21)7-20-9-24-8-14(20)22/h3-4,6H,2,5,7-9H2,1H3,(H,19,21). The average Bonchev–Trinajstić information content (AvgIpc) is 2.90. The number of nitrogens with one attached hydrogen (secondary N) is 1. The van der Waals surface area contributed by atoms with E-state index in [2.05, 4.69) is 5.32 Å². The molecular formula is C15H17F3N2O3S. The lowest BCUT2D eigenvalue weighted by molar-refractivity contribution is -0.137. The minimum absolute atomic E-state index is 0.0532. The summed E-state index contributed by atoms with van der Waals surface area (Å²) >= 11 is 1.38. The molecule has 24 heavy (non-hydrogen) atoms. The highest BCUT2D eigenvalue weighted by molar-refractivity contribution is 8.00. The lowest BCUT2D eigenvalue weighted by atomic mass is 10.1. The van der Waals surface area contributed by atoms with Crippen molar-refractivity contribution in [2.24, 2.45) is 0 Å². The largest absolute Gasteiger partial charge is 0.491 e. The Labute approximate surface area is 141 Å². The van der Waals surface area contributed by atoms with E-state index in [-0.39, 0.29) is 23.9 Å². The first-order chi connectivity index (χ1) is 11.3. The number of thioether (sulfide) groups is 1. The molecule has 2 amide bonds. The van der Waals surface area contributed by atoms with Crippen LogP contribution in [0, 0.1) is 0 Å². The molecule has 0 bridgehead atoms. The van der Waals surface area contributed by atoms with Crippen molar-refractivity contribution in [3.63, 3.8) is 0 Å². The Balaban J connectivity index is 2.15. The van der Waals surface area contributed by atoms with Crippen LogP contribution < -0.4 is 10.1 Å². The molecule has 0 saturated carbocycles. The SMILES string of the molecule is CCCOc1ccc(C(F)(F)F)cc1NC(=O)CN1CSCC1=O. The van der Waals surface area contributed by atoms with E-state index >= 15 is 0 Å². The van der Waals surface area contributed by atoms with Crippen LogP contribution in [0.3, 0.4) is 0 Å². The van der Waals surface area contributed by atoms with E-state index < -0.39 is 17.6 Å². The number of hydrogen-bond acceptors (Lipinski definition) is 4. The van der Waals surface area contributed by atoms with Gasteiger partial charge in [0, 0.05) is 0 Å². The lowest BCUT2D eigenvalue weighted by Gasteiger charge is -2.17. The van der Waals surface area contributed by atoms with Crippen LogP contribution in [0.2, 0.25) is 0 Å². The van der Waals surface area contributed by atoms with Gasteiger partial charge in [0.2, 0.25) is 11.8 Å². The summed E-state index contributed by atoms with van der Waals surface area (Å²) in [6, 6.07) is 2.93. The van der Waals surface area contributed by atoms with Gasteiger partial charge >= 0.3 is 6.18 Å². The Kier molecular flexibility index (Phi) is 5.98. The molecule has 1 aliphatic rings. The van der Waals surface area contributed by atoms with Crippen molar-refractivity contribution in [2.75, 3.05) is 30.1 Å². The molecule has 1 heterocycles. The van der Waals surface area contributed by atoms with Gasteiger partial charge < -0.3 is 15.0 Å². The minimum Gasteiger partial charge on any atom is -0.491 e. The first kappa shape index (κ1) is 18.4. The highest BCUT2D eigenvalue weighted by atomic mass is 32.2. The average molecular weight is 362 g/mol. The number of hydrogen-bond donors (Lipinski definition) is 1. The summed E-state index contributed by atoms with van der Waals surface area (Å²) < 4.78 is 44.0. The van der Waals surface area contributed by atoms with E-state index in [1.165, 1.54) is 22.7 Å². The van der Waals surface area contributed by atoms with Crippen molar-refractivity contribution in [2.45, 2.75) is 19.5 Å². The first-order valence-electron chi connectivity index (χ1n) is 7.30. The minimum atomic E-state index is -4.52. The van der Waals surface area contributed by atoms with Gasteiger partial charge in [-0.05, 0) is 24.6 Å². The summed E-state index contributed by atoms with van der Waals surface area (Å²) in [5.41, 5.74) is -0.933. The van der Waals surface area contributed by atoms with E-state index in [1.54, 1.807) is 0 Å². The molecule has 1 aliphatic heterocycles. The van der Waals surface area contributed by atoms with E-state index in [1.807, 2.05) is 6.92 Å². The maximum absolute atomic E-state index is 12.9. The van der Waals surface area contributed by atoms with Gasteiger partial charge in [-0.2, -0.15) is 13.2 Å². The molecule has 1 fully saturated rings. The zero-order chi connectivity index (χ0) is 17.7. The number of carbonyl (C=O) groups is 2. The van der Waals surface area contributed by atoms with Crippen molar-refractivity contribution in [3.05, 3.63) is 23.8 Å². The van der Waals surface area contributed by atoms with Gasteiger partial charge in [0.1, 0.15) is 12.3 Å². The number of carbonyl (C=O) groups excluding carboxylic acids is 2. The molecule has 0 radical (unpaired) electrons. The van der Waals surface area contributed by atoms with Gasteiger partial charge in [0.15, 0.2) is 0 Å². The monoisotopic (exact) mass is 362 g/mol. The summed E-state index contributed by atoms with van der Waals surface area (Å²) in [7, 11) is 0. The first-order valence-corrected chi connectivity index (χ1v) is 8.46.